The van der Waals surface area contributed by atoms with Gasteiger partial charge in [0, 0.05) is 42.9 Å². The van der Waals surface area contributed by atoms with E-state index in [2.05, 4.69) is 144 Å². The van der Waals surface area contributed by atoms with E-state index in [9.17, 15) is 0 Å². The molecule has 0 aliphatic heterocycles. The third-order valence-electron chi connectivity index (χ3n) is 12.0. The number of rotatable bonds is 10. The fraction of sp³-hybridized carbons (Fsp3) is 0.233. The van der Waals surface area contributed by atoms with Crippen molar-refractivity contribution in [1.82, 2.24) is 24.5 Å². The van der Waals surface area contributed by atoms with Gasteiger partial charge in [-0.25, -0.2) is 4.98 Å². The van der Waals surface area contributed by atoms with E-state index in [1.165, 1.54) is 28.3 Å². The molecule has 5 heterocycles. The number of aryl methyl sites for hydroxylation is 1. The number of hydrogen-bond donors (Lipinski definition) is 0. The minimum Gasteiger partial charge on any atom is 0 e. The van der Waals surface area contributed by atoms with Gasteiger partial charge in [-0.3, -0.25) is 9.97 Å². The molecule has 0 saturated heterocycles. The molecule has 5 aromatic heterocycles. The van der Waals surface area contributed by atoms with E-state index in [4.69, 9.17) is 21.2 Å². The first-order valence-electron chi connectivity index (χ1n) is 25.6. The van der Waals surface area contributed by atoms with Crippen LogP contribution in [0.5, 0.6) is 0 Å². The van der Waals surface area contributed by atoms with Crippen LogP contribution in [0.1, 0.15) is 82.5 Å². The number of fused-ring (bicyclic) bond motifs is 4. The summed E-state index contributed by atoms with van der Waals surface area (Å²) in [5, 5.41) is 1.95. The molecule has 345 valence electrons. The molecular weight excluding hydrogens is 1070 g/mol. The smallest absolute Gasteiger partial charge is 0 e. The van der Waals surface area contributed by atoms with Crippen molar-refractivity contribution in [2.24, 2.45) is 5.92 Å². The Kier molecular flexibility index (Phi) is 12.6. The molecule has 0 unspecified atom stereocenters. The van der Waals surface area contributed by atoms with E-state index in [-0.39, 0.29) is 43.4 Å². The maximum Gasteiger partial charge on any atom is 0 e. The standard InChI is InChI=1S/C41H33N4O.C19H26GeN.Ir/c1-25(2)33-22-29(27-12-7-5-8-13-27)23-34(26(3)4)38(33)45-37-24-42-21-20-36(37)43-40(45)32-17-11-16-30-31-18-19-35(28-14-9-6-10-15-28)44-41(31)46-39(30)32;1-14(2)11-17-12-19(16-9-7-15(3)8-10-16)21-13-18(17)20(4,5)6;/h5-16,18-26H,1-4H3;7-9,12-14H,11H2,1-6H3;/q2*-1;/i;3D3,11D2;. The van der Waals surface area contributed by atoms with Gasteiger partial charge in [-0.05, 0) is 64.4 Å². The van der Waals surface area contributed by atoms with Crippen LogP contribution in [0.3, 0.4) is 0 Å². The number of aromatic nitrogens is 5. The van der Waals surface area contributed by atoms with Gasteiger partial charge in [0.25, 0.3) is 0 Å². The summed E-state index contributed by atoms with van der Waals surface area (Å²) < 4.78 is 49.5. The van der Waals surface area contributed by atoms with Gasteiger partial charge in [0.15, 0.2) is 0 Å². The number of imidazole rings is 1. The number of nitrogens with zero attached hydrogens (tertiary/aromatic N) is 5. The number of pyridine rings is 3. The predicted molar refractivity (Wildman–Crippen MR) is 282 cm³/mol. The Morgan fingerprint density at radius 3 is 2.06 bits per heavy atom. The largest absolute Gasteiger partial charge is 0 e. The van der Waals surface area contributed by atoms with Crippen LogP contribution in [0, 0.1) is 24.9 Å². The molecule has 68 heavy (non-hydrogen) atoms. The quantitative estimate of drug-likeness (QED) is 0.101. The van der Waals surface area contributed by atoms with Crippen molar-refractivity contribution < 1.29 is 31.4 Å². The fourth-order valence-electron chi connectivity index (χ4n) is 8.71. The molecule has 0 saturated carbocycles. The van der Waals surface area contributed by atoms with Crippen LogP contribution in [-0.4, -0.2) is 37.8 Å². The second-order valence-electron chi connectivity index (χ2n) is 19.1. The normalized spacial score (nSPS) is 13.2. The Morgan fingerprint density at radius 2 is 1.43 bits per heavy atom. The zero-order valence-electron chi connectivity index (χ0n) is 45.1. The van der Waals surface area contributed by atoms with Crippen LogP contribution in [0.15, 0.2) is 150 Å². The Hall–Kier alpha value is -5.99. The van der Waals surface area contributed by atoms with Crippen LogP contribution in [0.2, 0.25) is 17.3 Å². The van der Waals surface area contributed by atoms with Crippen molar-refractivity contribution in [3.05, 3.63) is 180 Å². The van der Waals surface area contributed by atoms with Gasteiger partial charge in [0.2, 0.25) is 5.71 Å². The van der Waals surface area contributed by atoms with Gasteiger partial charge in [0.05, 0.1) is 34.3 Å². The van der Waals surface area contributed by atoms with Crippen molar-refractivity contribution in [2.75, 3.05) is 0 Å². The first kappa shape index (κ1) is 42.1. The third kappa shape index (κ3) is 9.94. The molecule has 8 heteroatoms. The maximum absolute atomic E-state index is 8.60. The molecule has 0 bridgehead atoms. The van der Waals surface area contributed by atoms with Gasteiger partial charge in [-0.2, -0.15) is 0 Å². The molecule has 0 aliphatic rings. The van der Waals surface area contributed by atoms with E-state index < -0.39 is 26.5 Å². The van der Waals surface area contributed by atoms with Crippen molar-refractivity contribution in [2.45, 2.75) is 83.9 Å². The summed E-state index contributed by atoms with van der Waals surface area (Å²) in [6.07, 6.45) is 4.08. The molecule has 0 fully saturated rings. The molecule has 1 radical (unpaired) electrons. The summed E-state index contributed by atoms with van der Waals surface area (Å²) in [4.78, 5) is 19.3. The van der Waals surface area contributed by atoms with Crippen LogP contribution < -0.4 is 4.40 Å². The van der Waals surface area contributed by atoms with Crippen molar-refractivity contribution in [3.63, 3.8) is 0 Å². The molecule has 0 aliphatic carbocycles. The molecule has 10 aromatic rings. The van der Waals surface area contributed by atoms with E-state index in [1.54, 1.807) is 18.3 Å². The minimum atomic E-state index is -2.32. The molecule has 6 nitrogen and oxygen atoms in total. The Bertz CT molecular complexity index is 3540. The van der Waals surface area contributed by atoms with Crippen LogP contribution in [-0.2, 0) is 26.5 Å². The maximum atomic E-state index is 8.60. The third-order valence-corrected chi connectivity index (χ3v) is 16.3. The van der Waals surface area contributed by atoms with Gasteiger partial charge in [-0.15, -0.1) is 18.2 Å². The Labute approximate surface area is 425 Å². The van der Waals surface area contributed by atoms with Crippen molar-refractivity contribution in [1.29, 1.82) is 0 Å². The summed E-state index contributed by atoms with van der Waals surface area (Å²) in [6.45, 7) is 10.7. The second-order valence-corrected chi connectivity index (χ2v) is 29.7. The Balaban J connectivity index is 0.000000226. The fourth-order valence-corrected chi connectivity index (χ4v) is 11.7. The van der Waals surface area contributed by atoms with Crippen LogP contribution in [0.4, 0.5) is 0 Å². The molecule has 0 atom stereocenters. The van der Waals surface area contributed by atoms with Gasteiger partial charge in [0.1, 0.15) is 0 Å². The topological polar surface area (TPSA) is 69.6 Å². The van der Waals surface area contributed by atoms with Crippen LogP contribution >= 0.6 is 0 Å². The first-order valence-corrected chi connectivity index (χ1v) is 30.5. The van der Waals surface area contributed by atoms with E-state index >= 15 is 0 Å². The summed E-state index contributed by atoms with van der Waals surface area (Å²) >= 11 is -2.32. The van der Waals surface area contributed by atoms with Gasteiger partial charge in [-0.1, -0.05) is 99.3 Å². The molecule has 0 amide bonds. The monoisotopic (exact) mass is 1140 g/mol. The van der Waals surface area contributed by atoms with Gasteiger partial charge < -0.3 is 8.98 Å². The number of benzene rings is 5. The zero-order valence-corrected chi connectivity index (χ0v) is 44.6. The predicted octanol–water partition coefficient (Wildman–Crippen LogP) is 15.4. The van der Waals surface area contributed by atoms with Crippen LogP contribution in [0.25, 0.3) is 83.8 Å². The molecule has 10 rings (SSSR count). The average molecular weight is 1140 g/mol. The summed E-state index contributed by atoms with van der Waals surface area (Å²) in [5.41, 5.74) is 14.1. The van der Waals surface area contributed by atoms with E-state index in [0.717, 1.165) is 60.1 Å². The second kappa shape index (κ2) is 20.3. The van der Waals surface area contributed by atoms with E-state index in [1.807, 2.05) is 62.6 Å². The first-order chi connectivity index (χ1) is 34.2. The van der Waals surface area contributed by atoms with E-state index in [0.29, 0.717) is 22.5 Å². The van der Waals surface area contributed by atoms with Crippen molar-refractivity contribution in [3.8, 4) is 50.7 Å². The molecule has 5 aromatic carbocycles. The van der Waals surface area contributed by atoms with Gasteiger partial charge >= 0.3 is 139 Å². The molecule has 0 N–H and O–H groups in total. The van der Waals surface area contributed by atoms with Crippen molar-refractivity contribution >= 4 is 50.8 Å². The average Bonchev–Trinajstić information content (AvgIpc) is 3.94. The summed E-state index contributed by atoms with van der Waals surface area (Å²) in [6, 6.07) is 48.7. The zero-order chi connectivity index (χ0) is 51.3. The SMILES string of the molecule is CC(C)c1cc(-c2ccccc2)cc(C(C)C)c1-n1c(-c2[c-]ccc3c2oc2nc(-c4ccccc4)ccc23)nc2ccncc21.[2H]C([2H])([2H])c1c[c-]c(-c2cc(C([2H])([2H])C(C)C)[c]([Ge]([CH3])([CH3])[CH3])cn2)cc1.[Ir]. The Morgan fingerprint density at radius 1 is 0.721 bits per heavy atom. The minimum absolute atomic E-state index is 0. The number of hydrogen-bond acceptors (Lipinski definition) is 5. The molecule has 0 spiro atoms. The summed E-state index contributed by atoms with van der Waals surface area (Å²) in [5.74, 6) is 7.81. The molecular formula is C60H59GeIrN5O-2. The number of furan rings is 1. The summed E-state index contributed by atoms with van der Waals surface area (Å²) in [7, 11) is 0.